The number of fused-ring (bicyclic) bond motifs is 1. The summed E-state index contributed by atoms with van der Waals surface area (Å²) < 4.78 is 1.94. The fourth-order valence-electron chi connectivity index (χ4n) is 2.45. The second kappa shape index (κ2) is 8.00. The predicted octanol–water partition coefficient (Wildman–Crippen LogP) is 3.11. The van der Waals surface area contributed by atoms with Crippen molar-refractivity contribution in [3.63, 3.8) is 0 Å². The molecule has 0 bridgehead atoms. The molecule has 8 nitrogen and oxygen atoms in total. The topological polar surface area (TPSA) is 102 Å². The van der Waals surface area contributed by atoms with Gasteiger partial charge in [0, 0.05) is 19.2 Å². The molecule has 0 spiro atoms. The minimum atomic E-state index is -0.462. The molecule has 0 atom stereocenters. The summed E-state index contributed by atoms with van der Waals surface area (Å²) in [7, 11) is 1.91. The van der Waals surface area contributed by atoms with Crippen LogP contribution in [-0.4, -0.2) is 31.8 Å². The van der Waals surface area contributed by atoms with E-state index >= 15 is 0 Å². The number of para-hydroxylation sites is 2. The molecule has 1 aromatic heterocycles. The van der Waals surface area contributed by atoms with Gasteiger partial charge < -0.3 is 4.57 Å². The maximum absolute atomic E-state index is 12.1. The zero-order valence-electron chi connectivity index (χ0n) is 14.7. The fraction of sp³-hybridized carbons (Fsp3) is 0.167. The average Bonchev–Trinajstić information content (AvgIpc) is 3.00. The molecular weight excluding hydrogens is 366 g/mol. The largest absolute Gasteiger partial charge is 0.322 e. The van der Waals surface area contributed by atoms with Gasteiger partial charge in [-0.3, -0.25) is 14.9 Å². The Morgan fingerprint density at radius 1 is 1.26 bits per heavy atom. The third-order valence-electron chi connectivity index (χ3n) is 3.92. The van der Waals surface area contributed by atoms with E-state index in [1.807, 2.05) is 35.9 Å². The first-order chi connectivity index (χ1) is 13.0. The Bertz CT molecular complexity index is 1030. The number of aryl methyl sites for hydroxylation is 1. The number of benzene rings is 2. The van der Waals surface area contributed by atoms with Gasteiger partial charge in [-0.25, -0.2) is 10.4 Å². The number of hydrogen-bond acceptors (Lipinski definition) is 6. The molecule has 0 aliphatic carbocycles. The maximum atomic E-state index is 12.1. The third kappa shape index (κ3) is 4.32. The molecule has 0 unspecified atom stereocenters. The monoisotopic (exact) mass is 383 g/mol. The van der Waals surface area contributed by atoms with Gasteiger partial charge >= 0.3 is 0 Å². The zero-order chi connectivity index (χ0) is 19.4. The molecule has 3 rings (SSSR count). The highest BCUT2D eigenvalue weighted by molar-refractivity contribution is 7.99. The molecule has 0 fully saturated rings. The standard InChI is InChI=1S/C18H17N5O3S/c1-12(13-7-9-14(10-8-13)23(25)26)20-21-17(24)11-27-18-19-15-5-3-4-6-16(15)22(18)2/h3-10H,11H2,1-2H3,(H,21,24)/b20-12-. The molecule has 3 aromatic rings. The lowest BCUT2D eigenvalue weighted by Gasteiger charge is -2.04. The summed E-state index contributed by atoms with van der Waals surface area (Å²) in [6.07, 6.45) is 0. The SMILES string of the molecule is C/C(=N/NC(=O)CSc1nc2ccccc2n1C)c1ccc([N+](=O)[O-])cc1. The van der Waals surface area contributed by atoms with Crippen LogP contribution in [0, 0.1) is 10.1 Å². The van der Waals surface area contributed by atoms with Crippen LogP contribution in [0.5, 0.6) is 0 Å². The lowest BCUT2D eigenvalue weighted by Crippen LogP contribution is -2.21. The first-order valence-corrected chi connectivity index (χ1v) is 9.06. The Hall–Kier alpha value is -3.20. The van der Waals surface area contributed by atoms with Crippen molar-refractivity contribution in [3.05, 3.63) is 64.2 Å². The van der Waals surface area contributed by atoms with Crippen molar-refractivity contribution in [2.75, 3.05) is 5.75 Å². The first-order valence-electron chi connectivity index (χ1n) is 8.08. The van der Waals surface area contributed by atoms with Crippen molar-refractivity contribution in [3.8, 4) is 0 Å². The van der Waals surface area contributed by atoms with E-state index in [1.54, 1.807) is 19.1 Å². The van der Waals surface area contributed by atoms with Crippen LogP contribution in [0.4, 0.5) is 5.69 Å². The quantitative estimate of drug-likeness (QED) is 0.305. The number of rotatable bonds is 6. The molecule has 0 aliphatic heterocycles. The minimum Gasteiger partial charge on any atom is -0.322 e. The molecule has 0 saturated carbocycles. The van der Waals surface area contributed by atoms with Crippen LogP contribution < -0.4 is 5.43 Å². The number of nitro groups is 1. The number of non-ortho nitro benzene ring substituents is 1. The molecule has 1 amide bonds. The van der Waals surface area contributed by atoms with Gasteiger partial charge in [0.2, 0.25) is 0 Å². The lowest BCUT2D eigenvalue weighted by molar-refractivity contribution is -0.384. The Balaban J connectivity index is 1.59. The number of nitrogens with one attached hydrogen (secondary N) is 1. The van der Waals surface area contributed by atoms with Crippen molar-refractivity contribution in [2.45, 2.75) is 12.1 Å². The number of carbonyl (C=O) groups is 1. The Morgan fingerprint density at radius 2 is 1.96 bits per heavy atom. The van der Waals surface area contributed by atoms with Crippen molar-refractivity contribution in [2.24, 2.45) is 12.1 Å². The highest BCUT2D eigenvalue weighted by Gasteiger charge is 2.10. The minimum absolute atomic E-state index is 0.00874. The number of imidazole rings is 1. The summed E-state index contributed by atoms with van der Waals surface area (Å²) in [6, 6.07) is 13.8. The van der Waals surface area contributed by atoms with Gasteiger partial charge in [0.05, 0.1) is 27.4 Å². The van der Waals surface area contributed by atoms with Crippen LogP contribution in [-0.2, 0) is 11.8 Å². The Kier molecular flexibility index (Phi) is 5.51. The summed E-state index contributed by atoms with van der Waals surface area (Å²) in [5, 5.41) is 15.5. The van der Waals surface area contributed by atoms with Crippen LogP contribution in [0.3, 0.4) is 0 Å². The molecule has 0 radical (unpaired) electrons. The van der Waals surface area contributed by atoms with Crippen LogP contribution in [0.1, 0.15) is 12.5 Å². The van der Waals surface area contributed by atoms with E-state index in [4.69, 9.17) is 0 Å². The van der Waals surface area contributed by atoms with Crippen LogP contribution in [0.2, 0.25) is 0 Å². The van der Waals surface area contributed by atoms with Gasteiger partial charge in [0.1, 0.15) is 0 Å². The molecule has 1 heterocycles. The number of carbonyl (C=O) groups excluding carboxylic acids is 1. The molecular formula is C18H17N5O3S. The van der Waals surface area contributed by atoms with Gasteiger partial charge in [0.15, 0.2) is 5.16 Å². The van der Waals surface area contributed by atoms with Crippen LogP contribution >= 0.6 is 11.8 Å². The van der Waals surface area contributed by atoms with Crippen molar-refractivity contribution in [1.29, 1.82) is 0 Å². The smallest absolute Gasteiger partial charge is 0.269 e. The van der Waals surface area contributed by atoms with Crippen molar-refractivity contribution in [1.82, 2.24) is 15.0 Å². The summed E-state index contributed by atoms with van der Waals surface area (Å²) >= 11 is 1.33. The average molecular weight is 383 g/mol. The number of nitro benzene ring substituents is 1. The second-order valence-corrected chi connectivity index (χ2v) is 6.71. The van der Waals surface area contributed by atoms with Crippen molar-refractivity contribution >= 4 is 40.1 Å². The van der Waals surface area contributed by atoms with Gasteiger partial charge in [-0.2, -0.15) is 5.10 Å². The molecule has 2 aromatic carbocycles. The van der Waals surface area contributed by atoms with Crippen molar-refractivity contribution < 1.29 is 9.72 Å². The van der Waals surface area contributed by atoms with Gasteiger partial charge in [-0.1, -0.05) is 23.9 Å². The van der Waals surface area contributed by atoms with E-state index in [0.29, 0.717) is 11.3 Å². The highest BCUT2D eigenvalue weighted by Crippen LogP contribution is 2.22. The predicted molar refractivity (Wildman–Crippen MR) is 105 cm³/mol. The van der Waals surface area contributed by atoms with Gasteiger partial charge in [-0.05, 0) is 36.8 Å². The summed E-state index contributed by atoms with van der Waals surface area (Å²) in [5.74, 6) is -0.0814. The van der Waals surface area contributed by atoms with Crippen LogP contribution in [0.25, 0.3) is 11.0 Å². The number of aromatic nitrogens is 2. The molecule has 9 heteroatoms. The summed E-state index contributed by atoms with van der Waals surface area (Å²) in [5.41, 5.74) is 5.66. The van der Waals surface area contributed by atoms with E-state index in [1.165, 1.54) is 23.9 Å². The molecule has 0 aliphatic rings. The van der Waals surface area contributed by atoms with E-state index in [-0.39, 0.29) is 17.3 Å². The first kappa shape index (κ1) is 18.6. The maximum Gasteiger partial charge on any atom is 0.269 e. The van der Waals surface area contributed by atoms with Gasteiger partial charge in [0.25, 0.3) is 11.6 Å². The fourth-order valence-corrected chi connectivity index (χ4v) is 3.23. The number of hydrazone groups is 1. The van der Waals surface area contributed by atoms with Crippen LogP contribution in [0.15, 0.2) is 58.8 Å². The Morgan fingerprint density at radius 3 is 2.63 bits per heavy atom. The van der Waals surface area contributed by atoms with E-state index in [2.05, 4.69) is 15.5 Å². The van der Waals surface area contributed by atoms with E-state index in [0.717, 1.165) is 16.2 Å². The number of nitrogens with zero attached hydrogens (tertiary/aromatic N) is 4. The summed E-state index contributed by atoms with van der Waals surface area (Å²) in [4.78, 5) is 26.8. The number of amides is 1. The molecule has 0 saturated heterocycles. The zero-order valence-corrected chi connectivity index (χ0v) is 15.6. The van der Waals surface area contributed by atoms with E-state index < -0.39 is 4.92 Å². The molecule has 27 heavy (non-hydrogen) atoms. The second-order valence-electron chi connectivity index (χ2n) is 5.77. The van der Waals surface area contributed by atoms with E-state index in [9.17, 15) is 14.9 Å². The lowest BCUT2D eigenvalue weighted by atomic mass is 10.1. The molecule has 138 valence electrons. The normalized spacial score (nSPS) is 11.6. The number of thioether (sulfide) groups is 1. The number of hydrogen-bond donors (Lipinski definition) is 1. The Labute approximate surface area is 159 Å². The van der Waals surface area contributed by atoms with Gasteiger partial charge in [-0.15, -0.1) is 0 Å². The highest BCUT2D eigenvalue weighted by atomic mass is 32.2. The molecule has 1 N–H and O–H groups in total. The summed E-state index contributed by atoms with van der Waals surface area (Å²) in [6.45, 7) is 1.72. The third-order valence-corrected chi connectivity index (χ3v) is 4.95.